The summed E-state index contributed by atoms with van der Waals surface area (Å²) in [6, 6.07) is 11.8. The highest BCUT2D eigenvalue weighted by Gasteiger charge is 2.20. The molecule has 4 nitrogen and oxygen atoms in total. The van der Waals surface area contributed by atoms with Crippen LogP contribution in [0.4, 0.5) is 0 Å². The van der Waals surface area contributed by atoms with Gasteiger partial charge in [0.25, 0.3) is 0 Å². The highest BCUT2D eigenvalue weighted by atomic mass is 16.5. The van der Waals surface area contributed by atoms with Crippen molar-refractivity contribution in [2.45, 2.75) is 25.6 Å². The fourth-order valence-electron chi connectivity index (χ4n) is 2.88. The molecular weight excluding hydrogens is 264 g/mol. The fraction of sp³-hybridized carbons (Fsp3) is 0.235. The number of imidazole rings is 1. The van der Waals surface area contributed by atoms with Crippen LogP contribution >= 0.6 is 0 Å². The molecule has 0 saturated carbocycles. The summed E-state index contributed by atoms with van der Waals surface area (Å²) < 4.78 is 7.81. The number of fused-ring (bicyclic) bond motifs is 2. The lowest BCUT2D eigenvalue weighted by molar-refractivity contribution is 0.180. The zero-order chi connectivity index (χ0) is 14.2. The lowest BCUT2D eigenvalue weighted by Gasteiger charge is -2.07. The minimum absolute atomic E-state index is 0.313. The second-order valence-electron chi connectivity index (χ2n) is 5.40. The number of aromatic nitrogens is 2. The quantitative estimate of drug-likeness (QED) is 0.802. The lowest BCUT2D eigenvalue weighted by Crippen LogP contribution is -1.97. The Hall–Kier alpha value is -2.33. The largest absolute Gasteiger partial charge is 0.487 e. The van der Waals surface area contributed by atoms with Gasteiger partial charge in [-0.2, -0.15) is 0 Å². The monoisotopic (exact) mass is 280 g/mol. The maximum Gasteiger partial charge on any atom is 0.137 e. The second kappa shape index (κ2) is 4.90. The number of aryl methyl sites for hydroxylation is 1. The molecule has 0 radical (unpaired) electrons. The van der Waals surface area contributed by atoms with Crippen molar-refractivity contribution in [3.8, 4) is 5.75 Å². The number of ether oxygens (including phenoxy) is 1. The molecule has 0 bridgehead atoms. The van der Waals surface area contributed by atoms with Gasteiger partial charge in [-0.3, -0.25) is 0 Å². The van der Waals surface area contributed by atoms with Crippen molar-refractivity contribution in [2.24, 2.45) is 0 Å². The van der Waals surface area contributed by atoms with Crippen molar-refractivity contribution in [2.75, 3.05) is 0 Å². The molecule has 2 aromatic heterocycles. The summed E-state index contributed by atoms with van der Waals surface area (Å²) in [5.41, 5.74) is 4.06. The Morgan fingerprint density at radius 2 is 2.24 bits per heavy atom. The average Bonchev–Trinajstić information content (AvgIpc) is 3.08. The van der Waals surface area contributed by atoms with Crippen molar-refractivity contribution < 1.29 is 9.84 Å². The summed E-state index contributed by atoms with van der Waals surface area (Å²) >= 11 is 0. The number of benzene rings is 1. The van der Waals surface area contributed by atoms with Crippen LogP contribution in [0.1, 0.15) is 29.3 Å². The normalized spacial score (nSPS) is 17.1. The molecule has 1 aliphatic carbocycles. The van der Waals surface area contributed by atoms with Crippen LogP contribution in [-0.2, 0) is 13.0 Å². The molecule has 0 unspecified atom stereocenters. The molecule has 1 aromatic carbocycles. The topological polar surface area (TPSA) is 46.8 Å². The fourth-order valence-corrected chi connectivity index (χ4v) is 2.88. The number of aliphatic hydroxyl groups excluding tert-OH is 1. The van der Waals surface area contributed by atoms with Gasteiger partial charge in [0.1, 0.15) is 18.0 Å². The van der Waals surface area contributed by atoms with E-state index in [1.54, 1.807) is 0 Å². The average molecular weight is 280 g/mol. The van der Waals surface area contributed by atoms with Gasteiger partial charge < -0.3 is 14.2 Å². The van der Waals surface area contributed by atoms with Crippen LogP contribution in [0.25, 0.3) is 5.65 Å². The van der Waals surface area contributed by atoms with E-state index in [1.807, 2.05) is 53.2 Å². The van der Waals surface area contributed by atoms with Crippen LogP contribution in [0.5, 0.6) is 5.75 Å². The number of pyridine rings is 1. The van der Waals surface area contributed by atoms with Gasteiger partial charge in [-0.05, 0) is 48.2 Å². The summed E-state index contributed by atoms with van der Waals surface area (Å²) in [7, 11) is 0. The summed E-state index contributed by atoms with van der Waals surface area (Å²) in [5, 5.41) is 9.81. The number of aliphatic hydroxyl groups is 1. The van der Waals surface area contributed by atoms with Crippen LogP contribution in [0, 0.1) is 0 Å². The van der Waals surface area contributed by atoms with Crippen LogP contribution in [0.2, 0.25) is 0 Å². The number of hydrogen-bond donors (Lipinski definition) is 1. The third kappa shape index (κ3) is 2.28. The molecule has 0 fully saturated rings. The summed E-state index contributed by atoms with van der Waals surface area (Å²) in [4.78, 5) is 4.51. The first-order valence-corrected chi connectivity index (χ1v) is 7.16. The Bertz CT molecular complexity index is 761. The molecule has 1 aliphatic rings. The summed E-state index contributed by atoms with van der Waals surface area (Å²) in [6.45, 7) is 0.447. The van der Waals surface area contributed by atoms with E-state index in [0.717, 1.165) is 35.5 Å². The first-order chi connectivity index (χ1) is 10.3. The third-order valence-electron chi connectivity index (χ3n) is 3.96. The molecule has 106 valence electrons. The van der Waals surface area contributed by atoms with E-state index in [9.17, 15) is 5.11 Å². The smallest absolute Gasteiger partial charge is 0.137 e. The lowest BCUT2D eigenvalue weighted by atomic mass is 10.1. The van der Waals surface area contributed by atoms with E-state index in [-0.39, 0.29) is 6.10 Å². The Kier molecular flexibility index (Phi) is 2.89. The Labute approximate surface area is 122 Å². The zero-order valence-electron chi connectivity index (χ0n) is 11.6. The predicted octanol–water partition coefficient (Wildman–Crippen LogP) is 2.89. The van der Waals surface area contributed by atoms with Crippen LogP contribution in [0.15, 0.2) is 48.8 Å². The molecule has 1 atom stereocenters. The van der Waals surface area contributed by atoms with Gasteiger partial charge >= 0.3 is 0 Å². The Morgan fingerprint density at radius 1 is 1.29 bits per heavy atom. The Morgan fingerprint density at radius 3 is 3.14 bits per heavy atom. The van der Waals surface area contributed by atoms with E-state index < -0.39 is 0 Å². The van der Waals surface area contributed by atoms with Gasteiger partial charge in [0.05, 0.1) is 11.8 Å². The van der Waals surface area contributed by atoms with E-state index in [1.165, 1.54) is 5.56 Å². The molecule has 0 spiro atoms. The Balaban J connectivity index is 1.51. The van der Waals surface area contributed by atoms with Gasteiger partial charge in [-0.25, -0.2) is 4.98 Å². The summed E-state index contributed by atoms with van der Waals surface area (Å²) in [5.74, 6) is 0.833. The highest BCUT2D eigenvalue weighted by Crippen LogP contribution is 2.33. The number of hydrogen-bond acceptors (Lipinski definition) is 3. The van der Waals surface area contributed by atoms with Gasteiger partial charge in [0.15, 0.2) is 0 Å². The van der Waals surface area contributed by atoms with Gasteiger partial charge in [-0.1, -0.05) is 12.1 Å². The van der Waals surface area contributed by atoms with Gasteiger partial charge in [0, 0.05) is 12.4 Å². The van der Waals surface area contributed by atoms with Crippen molar-refractivity contribution in [3.63, 3.8) is 0 Å². The minimum atomic E-state index is -0.313. The molecule has 21 heavy (non-hydrogen) atoms. The first kappa shape index (κ1) is 12.4. The number of rotatable bonds is 3. The maximum absolute atomic E-state index is 9.81. The molecule has 0 saturated heterocycles. The minimum Gasteiger partial charge on any atom is -0.487 e. The van der Waals surface area contributed by atoms with Gasteiger partial charge in [0.2, 0.25) is 0 Å². The van der Waals surface area contributed by atoms with Crippen LogP contribution in [-0.4, -0.2) is 14.5 Å². The molecule has 4 heteroatoms. The van der Waals surface area contributed by atoms with Crippen molar-refractivity contribution in [3.05, 3.63) is 65.6 Å². The maximum atomic E-state index is 9.81. The first-order valence-electron chi connectivity index (χ1n) is 7.16. The van der Waals surface area contributed by atoms with Crippen molar-refractivity contribution in [1.82, 2.24) is 9.38 Å². The van der Waals surface area contributed by atoms with E-state index in [0.29, 0.717) is 6.61 Å². The molecule has 3 aromatic rings. The zero-order valence-corrected chi connectivity index (χ0v) is 11.6. The molecular formula is C17H16N2O2. The van der Waals surface area contributed by atoms with E-state index in [4.69, 9.17) is 4.74 Å². The number of nitrogens with zero attached hydrogens (tertiary/aromatic N) is 2. The molecule has 2 heterocycles. The third-order valence-corrected chi connectivity index (χ3v) is 3.96. The molecule has 1 N–H and O–H groups in total. The van der Waals surface area contributed by atoms with Crippen molar-refractivity contribution >= 4 is 5.65 Å². The van der Waals surface area contributed by atoms with E-state index in [2.05, 4.69) is 4.98 Å². The van der Waals surface area contributed by atoms with E-state index >= 15 is 0 Å². The molecule has 4 rings (SSSR count). The standard InChI is InChI=1S/C17H16N2O2/c20-16-7-4-12-9-14(5-6-15(12)16)21-11-13-10-19-8-2-1-3-17(19)18-13/h1-3,5-6,8-10,16,20H,4,7,11H2/t16-/m1/s1. The van der Waals surface area contributed by atoms with Crippen LogP contribution in [0.3, 0.4) is 0 Å². The molecule has 0 aliphatic heterocycles. The second-order valence-corrected chi connectivity index (χ2v) is 5.40. The SMILES string of the molecule is O[C@@H]1CCc2cc(OCc3cn4ccccc4n3)ccc21. The van der Waals surface area contributed by atoms with Crippen molar-refractivity contribution in [1.29, 1.82) is 0 Å². The van der Waals surface area contributed by atoms with Gasteiger partial charge in [-0.15, -0.1) is 0 Å². The highest BCUT2D eigenvalue weighted by molar-refractivity contribution is 5.41. The summed E-state index contributed by atoms with van der Waals surface area (Å²) in [6.07, 6.45) is 5.37. The van der Waals surface area contributed by atoms with Crippen LogP contribution < -0.4 is 4.74 Å². The molecule has 0 amide bonds. The predicted molar refractivity (Wildman–Crippen MR) is 79.2 cm³/mol.